The summed E-state index contributed by atoms with van der Waals surface area (Å²) >= 11 is 12.6. The van der Waals surface area contributed by atoms with E-state index in [0.717, 1.165) is 23.4 Å². The molecule has 3 aromatic carbocycles. The number of hydrogen-bond acceptors (Lipinski definition) is 5. The van der Waals surface area contributed by atoms with Crippen molar-refractivity contribution in [2.45, 2.75) is 50.6 Å². The zero-order valence-electron chi connectivity index (χ0n) is 23.4. The third-order valence-corrected chi connectivity index (χ3v) is 8.67. The summed E-state index contributed by atoms with van der Waals surface area (Å²) in [6.45, 7) is 6.66. The number of nitrogens with one attached hydrogen (secondary N) is 3. The molecule has 1 spiro atoms. The summed E-state index contributed by atoms with van der Waals surface area (Å²) in [7, 11) is 1.28. The Morgan fingerprint density at radius 3 is 2.55 bits per heavy atom. The molecule has 0 bridgehead atoms. The van der Waals surface area contributed by atoms with Crippen molar-refractivity contribution in [2.75, 3.05) is 24.3 Å². The summed E-state index contributed by atoms with van der Waals surface area (Å²) < 4.78 is 35.8. The minimum atomic E-state index is -1.47. The van der Waals surface area contributed by atoms with Crippen molar-refractivity contribution in [3.63, 3.8) is 0 Å². The summed E-state index contributed by atoms with van der Waals surface area (Å²) in [5.74, 6) is -4.50. The van der Waals surface area contributed by atoms with Gasteiger partial charge in [0.2, 0.25) is 5.91 Å². The van der Waals surface area contributed by atoms with Crippen molar-refractivity contribution in [1.29, 1.82) is 0 Å². The minimum absolute atomic E-state index is 0.0332. The quantitative estimate of drug-likeness (QED) is 0.242. The van der Waals surface area contributed by atoms with Gasteiger partial charge in [-0.3, -0.25) is 4.79 Å². The lowest BCUT2D eigenvalue weighted by Gasteiger charge is -2.39. The lowest BCUT2D eigenvalue weighted by atomic mass is 9.63. The maximum atomic E-state index is 15.9. The fraction of sp³-hybridized carbons (Fsp3) is 0.355. The Morgan fingerprint density at radius 2 is 1.88 bits per heavy atom. The molecule has 1 amide bonds. The van der Waals surface area contributed by atoms with Crippen molar-refractivity contribution < 1.29 is 28.2 Å². The van der Waals surface area contributed by atoms with E-state index in [2.05, 4.69) is 36.7 Å². The second-order valence-electron chi connectivity index (χ2n) is 12.0. The highest BCUT2D eigenvalue weighted by Crippen LogP contribution is 2.56. The van der Waals surface area contributed by atoms with Gasteiger partial charge in [0.05, 0.1) is 29.4 Å². The molecule has 0 aliphatic carbocycles. The van der Waals surface area contributed by atoms with E-state index in [1.807, 2.05) is 12.1 Å². The van der Waals surface area contributed by atoms with Crippen molar-refractivity contribution in [3.8, 4) is 5.75 Å². The van der Waals surface area contributed by atoms with Crippen LogP contribution in [0.4, 0.5) is 20.2 Å². The van der Waals surface area contributed by atoms with Gasteiger partial charge in [0.25, 0.3) is 0 Å². The Kier molecular flexibility index (Phi) is 7.89. The second-order valence-corrected chi connectivity index (χ2v) is 12.8. The molecule has 2 aliphatic heterocycles. The highest BCUT2D eigenvalue weighted by molar-refractivity contribution is 6.31. The maximum absolute atomic E-state index is 15.9. The van der Waals surface area contributed by atoms with Crippen molar-refractivity contribution in [1.82, 2.24) is 5.32 Å². The van der Waals surface area contributed by atoms with Crippen LogP contribution in [0.25, 0.3) is 0 Å². The average molecular weight is 619 g/mol. The van der Waals surface area contributed by atoms with E-state index >= 15 is 4.39 Å². The van der Waals surface area contributed by atoms with Crippen LogP contribution < -0.4 is 20.7 Å². The Labute approximate surface area is 252 Å². The van der Waals surface area contributed by atoms with Gasteiger partial charge in [-0.05, 0) is 47.2 Å². The number of carbonyl (C=O) groups is 2. The summed E-state index contributed by atoms with van der Waals surface area (Å²) in [5, 5.41) is 19.4. The van der Waals surface area contributed by atoms with E-state index in [1.54, 1.807) is 18.2 Å². The third-order valence-electron chi connectivity index (χ3n) is 8.14. The monoisotopic (exact) mass is 617 g/mol. The minimum Gasteiger partial charge on any atom is -0.495 e. The first-order valence-corrected chi connectivity index (χ1v) is 14.2. The number of benzene rings is 3. The van der Waals surface area contributed by atoms with Gasteiger partial charge < -0.3 is 25.8 Å². The number of anilines is 2. The zero-order valence-corrected chi connectivity index (χ0v) is 25.0. The van der Waals surface area contributed by atoms with Crippen LogP contribution in [0, 0.1) is 17.0 Å². The number of methoxy groups -OCH3 is 1. The number of hydrogen-bond donors (Lipinski definition) is 4. The Bertz CT molecular complexity index is 1580. The van der Waals surface area contributed by atoms with E-state index in [4.69, 9.17) is 27.9 Å². The molecule has 2 aliphatic rings. The van der Waals surface area contributed by atoms with Crippen LogP contribution in [0.2, 0.25) is 10.0 Å². The van der Waals surface area contributed by atoms with E-state index in [9.17, 15) is 19.1 Å². The second kappa shape index (κ2) is 11.0. The number of carbonyl (C=O) groups excluding carboxylic acids is 1. The third kappa shape index (κ3) is 5.18. The fourth-order valence-electron chi connectivity index (χ4n) is 6.46. The van der Waals surface area contributed by atoms with Gasteiger partial charge in [-0.25, -0.2) is 13.6 Å². The first-order chi connectivity index (χ1) is 19.8. The molecular formula is C31H31Cl2F2N3O4. The van der Waals surface area contributed by atoms with E-state index in [-0.39, 0.29) is 33.5 Å². The van der Waals surface area contributed by atoms with Crippen molar-refractivity contribution in [3.05, 3.63) is 86.9 Å². The lowest BCUT2D eigenvalue weighted by molar-refractivity contribution is -0.118. The molecule has 7 nitrogen and oxygen atoms in total. The lowest BCUT2D eigenvalue weighted by Crippen LogP contribution is -2.46. The smallest absolute Gasteiger partial charge is 0.338 e. The molecule has 4 atom stereocenters. The summed E-state index contributed by atoms with van der Waals surface area (Å²) in [5.41, 5.74) is 0.314. The molecular weight excluding hydrogens is 587 g/mol. The largest absolute Gasteiger partial charge is 0.495 e. The molecule has 1 saturated heterocycles. The van der Waals surface area contributed by atoms with Crippen LogP contribution in [0.3, 0.4) is 0 Å². The maximum Gasteiger partial charge on any atom is 0.338 e. The molecule has 42 heavy (non-hydrogen) atoms. The predicted molar refractivity (Wildman–Crippen MR) is 159 cm³/mol. The van der Waals surface area contributed by atoms with Crippen molar-refractivity contribution >= 4 is 46.5 Å². The fourth-order valence-corrected chi connectivity index (χ4v) is 6.82. The van der Waals surface area contributed by atoms with Gasteiger partial charge in [-0.1, -0.05) is 62.2 Å². The molecule has 0 aromatic heterocycles. The molecule has 0 saturated carbocycles. The number of amides is 1. The first-order valence-electron chi connectivity index (χ1n) is 13.4. The normalized spacial score (nSPS) is 23.0. The van der Waals surface area contributed by atoms with Gasteiger partial charge in [-0.2, -0.15) is 0 Å². The van der Waals surface area contributed by atoms with Crippen LogP contribution in [0.5, 0.6) is 5.75 Å². The van der Waals surface area contributed by atoms with E-state index in [0.29, 0.717) is 18.0 Å². The number of aromatic carboxylic acids is 1. The molecule has 5 rings (SSSR count). The average Bonchev–Trinajstić information content (AvgIpc) is 3.43. The first kappa shape index (κ1) is 30.1. The molecule has 0 radical (unpaired) electrons. The standard InChI is InChI=1S/C31H31Cl2F2N3O4/c1-30(2,3)13-24-31(14-36-21-10-15(32)8-9-18(21)31)25(16-6-5-7-19(33)26(16)35)27(38-24)28(39)37-22-12-20(34)17(29(40)41)11-23(22)42-4/h5-12,24-25,27,36,38H,13-14H2,1-4H3,(H,37,39)(H,40,41)/t24-,25-,27+,31-/m0/s1. The molecule has 2 heterocycles. The molecule has 4 N–H and O–H groups in total. The number of halogens is 4. The SMILES string of the molecule is COc1cc(C(=O)O)c(F)cc1NC(=O)[C@@H]1N[C@@H](CC(C)(C)C)[C@@]2(CNc3cc(Cl)ccc32)[C@H]1c1cccc(Cl)c1F. The molecule has 1 fully saturated rings. The van der Waals surface area contributed by atoms with Crippen LogP contribution in [-0.4, -0.2) is 42.7 Å². The van der Waals surface area contributed by atoms with Crippen LogP contribution in [0.15, 0.2) is 48.5 Å². The van der Waals surface area contributed by atoms with Crippen molar-refractivity contribution in [2.24, 2.45) is 5.41 Å². The zero-order chi connectivity index (χ0) is 30.6. The van der Waals surface area contributed by atoms with Gasteiger partial charge in [0, 0.05) is 40.7 Å². The van der Waals surface area contributed by atoms with Crippen LogP contribution in [-0.2, 0) is 10.2 Å². The van der Waals surface area contributed by atoms with Gasteiger partial charge in [0.15, 0.2) is 0 Å². The Balaban J connectivity index is 1.67. The number of carboxylic acid groups (broad SMARTS) is 1. The molecule has 3 aromatic rings. The number of fused-ring (bicyclic) bond motifs is 2. The number of rotatable bonds is 6. The highest BCUT2D eigenvalue weighted by Gasteiger charge is 2.61. The Morgan fingerprint density at radius 1 is 1.14 bits per heavy atom. The molecule has 222 valence electrons. The number of carboxylic acids is 1. The van der Waals surface area contributed by atoms with E-state index < -0.39 is 46.4 Å². The predicted octanol–water partition coefficient (Wildman–Crippen LogP) is 6.84. The van der Waals surface area contributed by atoms with Gasteiger partial charge in [0.1, 0.15) is 17.4 Å². The van der Waals surface area contributed by atoms with Crippen LogP contribution in [0.1, 0.15) is 54.6 Å². The molecule has 11 heteroatoms. The van der Waals surface area contributed by atoms with Crippen LogP contribution >= 0.6 is 23.2 Å². The highest BCUT2D eigenvalue weighted by atomic mass is 35.5. The summed E-state index contributed by atoms with van der Waals surface area (Å²) in [4.78, 5) is 25.6. The number of ether oxygens (including phenoxy) is 1. The summed E-state index contributed by atoms with van der Waals surface area (Å²) in [6.07, 6.45) is 0.629. The topological polar surface area (TPSA) is 99.7 Å². The van der Waals surface area contributed by atoms with E-state index in [1.165, 1.54) is 13.2 Å². The van der Waals surface area contributed by atoms with Gasteiger partial charge in [-0.15, -0.1) is 0 Å². The summed E-state index contributed by atoms with van der Waals surface area (Å²) in [6, 6.07) is 10.8. The molecule has 0 unspecified atom stereocenters. The van der Waals surface area contributed by atoms with Gasteiger partial charge >= 0.3 is 5.97 Å². The Hall–Kier alpha value is -3.40.